The molecule has 10 heteroatoms. The summed E-state index contributed by atoms with van der Waals surface area (Å²) in [5.41, 5.74) is -0.345. The van der Waals surface area contributed by atoms with Crippen molar-refractivity contribution < 1.29 is 18.9 Å². The van der Waals surface area contributed by atoms with E-state index >= 15 is 0 Å². The number of urea groups is 1. The summed E-state index contributed by atoms with van der Waals surface area (Å²) in [7, 11) is 0. The number of aromatic nitrogens is 3. The number of hydrogen-bond donors (Lipinski definition) is 4. The van der Waals surface area contributed by atoms with E-state index in [0.717, 1.165) is 23.0 Å². The first-order valence-electron chi connectivity index (χ1n) is 8.54. The zero-order valence-electron chi connectivity index (χ0n) is 15.2. The van der Waals surface area contributed by atoms with Crippen LogP contribution >= 0.6 is 0 Å². The molecule has 2 heterocycles. The number of primary amides is 1. The number of nitrogens with one attached hydrogen (secondary N) is 3. The number of rotatable bonds is 5. The largest absolute Gasteiger partial charge is 0.419 e. The van der Waals surface area contributed by atoms with Crippen LogP contribution in [0.5, 0.6) is 0 Å². The van der Waals surface area contributed by atoms with Crippen LogP contribution in [-0.2, 0) is 0 Å². The molecule has 0 radical (unpaired) electrons. The summed E-state index contributed by atoms with van der Waals surface area (Å²) >= 11 is 0. The van der Waals surface area contributed by atoms with E-state index in [4.69, 9.17) is 5.41 Å². The van der Waals surface area contributed by atoms with Crippen LogP contribution in [0.4, 0.5) is 19.4 Å². The number of H-pyrrole nitrogens is 1. The zero-order chi connectivity index (χ0) is 20.4. The number of quaternary nitrogens is 1. The first kappa shape index (κ1) is 19.4. The van der Waals surface area contributed by atoms with Crippen molar-refractivity contribution in [2.45, 2.75) is 13.8 Å². The minimum Gasteiger partial charge on any atom is -0.308 e. The van der Waals surface area contributed by atoms with Gasteiger partial charge in [0.1, 0.15) is 17.1 Å². The minimum atomic E-state index is -0.919. The van der Waals surface area contributed by atoms with Crippen LogP contribution < -0.4 is 16.2 Å². The lowest BCUT2D eigenvalue weighted by Crippen LogP contribution is -2.86. The van der Waals surface area contributed by atoms with Crippen molar-refractivity contribution in [3.63, 3.8) is 0 Å². The van der Waals surface area contributed by atoms with Gasteiger partial charge in [-0.1, -0.05) is 13.8 Å². The maximum Gasteiger partial charge on any atom is 0.419 e. The molecule has 28 heavy (non-hydrogen) atoms. The number of aromatic amines is 1. The number of benzene rings is 1. The molecule has 8 nitrogen and oxygen atoms in total. The molecule has 0 atom stereocenters. The predicted molar refractivity (Wildman–Crippen MR) is 99.3 cm³/mol. The van der Waals surface area contributed by atoms with Gasteiger partial charge in [-0.25, -0.2) is 28.6 Å². The fourth-order valence-electron chi connectivity index (χ4n) is 2.68. The monoisotopic (exact) mass is 389 g/mol. The number of fused-ring (bicyclic) bond motifs is 1. The third-order valence-corrected chi connectivity index (χ3v) is 4.05. The molecule has 0 saturated heterocycles. The summed E-state index contributed by atoms with van der Waals surface area (Å²) in [5, 5.41) is 14.4. The lowest BCUT2D eigenvalue weighted by molar-refractivity contribution is -0.469. The average Bonchev–Trinajstić information content (AvgIpc) is 2.96. The third kappa shape index (κ3) is 3.67. The highest BCUT2D eigenvalue weighted by Gasteiger charge is 2.21. The Bertz CT molecular complexity index is 1120. The lowest BCUT2D eigenvalue weighted by Gasteiger charge is -2.06. The SMILES string of the molecule is CC(C)CNC(=O)[NH2+]c1ncc2c(=O)n(-c3ccc(F)cc3F)[nH]c2c1C=N. The molecular weight excluding hydrogens is 370 g/mol. The molecule has 0 saturated carbocycles. The number of hydrogen-bond acceptors (Lipinski definition) is 4. The van der Waals surface area contributed by atoms with Crippen LogP contribution in [-0.4, -0.2) is 33.6 Å². The Morgan fingerprint density at radius 1 is 1.43 bits per heavy atom. The van der Waals surface area contributed by atoms with Crippen molar-refractivity contribution in [1.29, 1.82) is 5.41 Å². The Hall–Kier alpha value is -3.40. The summed E-state index contributed by atoms with van der Waals surface area (Å²) in [4.78, 5) is 28.8. The number of halogens is 2. The number of amides is 2. The summed E-state index contributed by atoms with van der Waals surface area (Å²) < 4.78 is 28.2. The highest BCUT2D eigenvalue weighted by molar-refractivity contribution is 5.99. The van der Waals surface area contributed by atoms with Gasteiger partial charge in [0.15, 0.2) is 5.82 Å². The Morgan fingerprint density at radius 2 is 2.18 bits per heavy atom. The standard InChI is InChI=1S/C18H18F2N6O2/c1-9(2)7-23-18(28)24-16-11(6-21)15-12(8-22-16)17(27)26(25-15)14-4-3-10(19)5-13(14)20/h3-6,8-9,21,25H,7H2,1-2H3,(H2,22,23,24,28)/p+1. The lowest BCUT2D eigenvalue weighted by atomic mass is 10.2. The highest BCUT2D eigenvalue weighted by atomic mass is 19.1. The van der Waals surface area contributed by atoms with Crippen molar-refractivity contribution in [2.75, 3.05) is 6.54 Å². The Balaban J connectivity index is 2.06. The van der Waals surface area contributed by atoms with E-state index in [-0.39, 0.29) is 39.9 Å². The Labute approximate surface area is 158 Å². The van der Waals surface area contributed by atoms with Gasteiger partial charge in [0.2, 0.25) is 5.82 Å². The van der Waals surface area contributed by atoms with Gasteiger partial charge in [0.05, 0.1) is 10.9 Å². The smallest absolute Gasteiger partial charge is 0.308 e. The minimum absolute atomic E-state index is 0.113. The number of nitrogens with zero attached hydrogens (tertiary/aromatic N) is 2. The molecule has 146 valence electrons. The Morgan fingerprint density at radius 3 is 2.82 bits per heavy atom. The maximum absolute atomic E-state index is 14.1. The number of carbonyl (C=O) groups excluding carboxylic acids is 1. The number of nitrogens with two attached hydrogens (primary N) is 1. The molecule has 5 N–H and O–H groups in total. The van der Waals surface area contributed by atoms with Gasteiger partial charge in [-0.2, -0.15) is 0 Å². The van der Waals surface area contributed by atoms with E-state index in [1.54, 1.807) is 0 Å². The fourth-order valence-corrected chi connectivity index (χ4v) is 2.68. The van der Waals surface area contributed by atoms with E-state index in [1.807, 2.05) is 13.8 Å². The van der Waals surface area contributed by atoms with E-state index in [2.05, 4.69) is 15.4 Å². The molecule has 0 fully saturated rings. The van der Waals surface area contributed by atoms with Gasteiger partial charge in [-0.15, -0.1) is 0 Å². The number of carbonyl (C=O) groups is 1. The molecule has 0 aliphatic carbocycles. The normalized spacial score (nSPS) is 11.2. The summed E-state index contributed by atoms with van der Waals surface area (Å²) in [5.74, 6) is -1.22. The molecule has 0 bridgehead atoms. The van der Waals surface area contributed by atoms with Crippen molar-refractivity contribution in [1.82, 2.24) is 20.1 Å². The van der Waals surface area contributed by atoms with Crippen LogP contribution in [0.2, 0.25) is 0 Å². The van der Waals surface area contributed by atoms with Crippen LogP contribution in [0.25, 0.3) is 16.6 Å². The predicted octanol–water partition coefficient (Wildman–Crippen LogP) is 1.55. The van der Waals surface area contributed by atoms with Crippen LogP contribution in [0.3, 0.4) is 0 Å². The van der Waals surface area contributed by atoms with Crippen molar-refractivity contribution >= 4 is 29.0 Å². The maximum atomic E-state index is 14.1. The van der Waals surface area contributed by atoms with Gasteiger partial charge in [0.25, 0.3) is 5.56 Å². The van der Waals surface area contributed by atoms with Crippen molar-refractivity contribution in [3.05, 3.63) is 51.9 Å². The van der Waals surface area contributed by atoms with Gasteiger partial charge in [0, 0.05) is 25.0 Å². The average molecular weight is 389 g/mol. The number of pyridine rings is 1. The molecule has 2 aromatic heterocycles. The zero-order valence-corrected chi connectivity index (χ0v) is 15.2. The van der Waals surface area contributed by atoms with Gasteiger partial charge < -0.3 is 10.7 Å². The quantitative estimate of drug-likeness (QED) is 0.496. The molecule has 3 rings (SSSR count). The van der Waals surface area contributed by atoms with Crippen molar-refractivity contribution in [3.8, 4) is 5.69 Å². The topological polar surface area (TPSA) is 120 Å². The molecule has 0 aliphatic rings. The molecule has 1 aromatic carbocycles. The van der Waals surface area contributed by atoms with Gasteiger partial charge in [-0.05, 0) is 18.1 Å². The van der Waals surface area contributed by atoms with Crippen molar-refractivity contribution in [2.24, 2.45) is 5.92 Å². The summed E-state index contributed by atoms with van der Waals surface area (Å²) in [6, 6.07) is 2.45. The molecule has 3 aromatic rings. The van der Waals surface area contributed by atoms with E-state index in [9.17, 15) is 18.4 Å². The van der Waals surface area contributed by atoms with Gasteiger partial charge in [-0.3, -0.25) is 9.89 Å². The molecular formula is C18H19F2N6O2+. The fraction of sp³-hybridized carbons (Fsp3) is 0.222. The Kier molecular flexibility index (Phi) is 5.32. The first-order chi connectivity index (χ1) is 13.3. The van der Waals surface area contributed by atoms with E-state index < -0.39 is 17.2 Å². The second-order valence-corrected chi connectivity index (χ2v) is 6.62. The van der Waals surface area contributed by atoms with E-state index in [0.29, 0.717) is 12.6 Å². The first-order valence-corrected chi connectivity index (χ1v) is 8.54. The third-order valence-electron chi connectivity index (χ3n) is 4.05. The molecule has 0 unspecified atom stereocenters. The molecule has 0 aliphatic heterocycles. The van der Waals surface area contributed by atoms with E-state index in [1.165, 1.54) is 11.5 Å². The van der Waals surface area contributed by atoms with Gasteiger partial charge >= 0.3 is 6.03 Å². The van der Waals surface area contributed by atoms with Crippen LogP contribution in [0.15, 0.2) is 29.2 Å². The second-order valence-electron chi connectivity index (χ2n) is 6.62. The second kappa shape index (κ2) is 7.69. The molecule has 2 amide bonds. The highest BCUT2D eigenvalue weighted by Crippen LogP contribution is 2.19. The summed E-state index contributed by atoms with van der Waals surface area (Å²) in [6.07, 6.45) is 2.21. The van der Waals surface area contributed by atoms with Crippen LogP contribution in [0, 0.1) is 23.0 Å². The molecule has 0 spiro atoms. The summed E-state index contributed by atoms with van der Waals surface area (Å²) in [6.45, 7) is 4.39. The van der Waals surface area contributed by atoms with Crippen LogP contribution in [0.1, 0.15) is 19.4 Å².